The molecular formula is C13H4Cl2F12O2. The molecule has 0 aromatic heterocycles. The molecule has 0 aliphatic heterocycles. The maximum absolute atomic E-state index is 13.5. The molecule has 0 heterocycles. The summed E-state index contributed by atoms with van der Waals surface area (Å²) in [5.74, 6) is -31.1. The number of benzene rings is 1. The van der Waals surface area contributed by atoms with E-state index in [9.17, 15) is 57.5 Å². The summed E-state index contributed by atoms with van der Waals surface area (Å²) in [5, 5.41) is -1.93. The molecule has 29 heavy (non-hydrogen) atoms. The van der Waals surface area contributed by atoms with Crippen LogP contribution in [-0.2, 0) is 0 Å². The number of rotatable bonds is 7. The van der Waals surface area contributed by atoms with Crippen LogP contribution in [-0.4, -0.2) is 41.5 Å². The second-order valence-electron chi connectivity index (χ2n) is 5.19. The van der Waals surface area contributed by atoms with Gasteiger partial charge in [-0.15, -0.1) is 0 Å². The lowest BCUT2D eigenvalue weighted by Gasteiger charge is -2.37. The summed E-state index contributed by atoms with van der Waals surface area (Å²) in [4.78, 5) is 10.9. The Bertz CT molecular complexity index is 778. The van der Waals surface area contributed by atoms with Crippen molar-refractivity contribution in [3.8, 4) is 5.75 Å². The van der Waals surface area contributed by atoms with Crippen LogP contribution in [0.1, 0.15) is 10.4 Å². The minimum atomic E-state index is -7.78. The number of halogens is 14. The standard InChI is InChI=1S/C13H4Cl2F12O2/c14-6-3-4(1-2-5(6)7(15)28)29-8(16)9(17,18)10(19,20)11(21,22)12(23,24)13(25,26)27/h1-3,8H. The predicted molar refractivity (Wildman–Crippen MR) is 73.0 cm³/mol. The Morgan fingerprint density at radius 1 is 0.862 bits per heavy atom. The highest BCUT2D eigenvalue weighted by atomic mass is 35.5. The van der Waals surface area contributed by atoms with Gasteiger partial charge in [-0.25, -0.2) is 0 Å². The summed E-state index contributed by atoms with van der Waals surface area (Å²) in [7, 11) is 0. The SMILES string of the molecule is O=C(Cl)c1ccc(OC(F)C(F)(F)C(F)(F)C(F)(F)C(F)(F)C(F)(F)F)cc1Cl. The highest BCUT2D eigenvalue weighted by molar-refractivity contribution is 6.68. The van der Waals surface area contributed by atoms with E-state index < -0.39 is 57.8 Å². The second kappa shape index (κ2) is 7.60. The summed E-state index contributed by atoms with van der Waals surface area (Å²) in [5.41, 5.74) is -0.510. The molecule has 0 radical (unpaired) electrons. The number of alkyl halides is 12. The molecule has 1 aromatic carbocycles. The van der Waals surface area contributed by atoms with Crippen molar-refractivity contribution < 1.29 is 62.2 Å². The monoisotopic (exact) mass is 490 g/mol. The minimum absolute atomic E-state index is 0.334. The fourth-order valence-electron chi connectivity index (χ4n) is 1.65. The topological polar surface area (TPSA) is 26.3 Å². The van der Waals surface area contributed by atoms with E-state index in [1.807, 2.05) is 0 Å². The van der Waals surface area contributed by atoms with Crippen LogP contribution in [0.25, 0.3) is 0 Å². The fourth-order valence-corrected chi connectivity index (χ4v) is 2.12. The highest BCUT2D eigenvalue weighted by Crippen LogP contribution is 2.58. The van der Waals surface area contributed by atoms with E-state index in [2.05, 4.69) is 4.74 Å². The van der Waals surface area contributed by atoms with Gasteiger partial charge >= 0.3 is 36.2 Å². The predicted octanol–water partition coefficient (Wildman–Crippen LogP) is 6.50. The maximum Gasteiger partial charge on any atom is 0.460 e. The summed E-state index contributed by atoms with van der Waals surface area (Å²) in [6.07, 6.45) is -12.2. The van der Waals surface area contributed by atoms with Crippen molar-refractivity contribution in [1.29, 1.82) is 0 Å². The van der Waals surface area contributed by atoms with E-state index in [1.54, 1.807) is 0 Å². The molecule has 1 atom stereocenters. The molecule has 0 N–H and O–H groups in total. The molecule has 0 bridgehead atoms. The Morgan fingerprint density at radius 2 is 1.34 bits per heavy atom. The Labute approximate surface area is 162 Å². The first-order valence-corrected chi connectivity index (χ1v) is 7.35. The third-order valence-electron chi connectivity index (χ3n) is 3.24. The van der Waals surface area contributed by atoms with Gasteiger partial charge in [-0.1, -0.05) is 11.6 Å². The van der Waals surface area contributed by atoms with Gasteiger partial charge in [-0.2, -0.15) is 52.7 Å². The van der Waals surface area contributed by atoms with Crippen LogP contribution in [0.15, 0.2) is 18.2 Å². The molecule has 16 heteroatoms. The molecule has 166 valence electrons. The molecule has 0 aliphatic carbocycles. The quantitative estimate of drug-likeness (QED) is 0.322. The first-order valence-electron chi connectivity index (χ1n) is 6.60. The second-order valence-corrected chi connectivity index (χ2v) is 5.94. The largest absolute Gasteiger partial charge is 0.460 e. The van der Waals surface area contributed by atoms with Crippen molar-refractivity contribution in [3.63, 3.8) is 0 Å². The summed E-state index contributed by atoms with van der Waals surface area (Å²) in [6, 6.07) is 1.35. The van der Waals surface area contributed by atoms with Crippen LogP contribution in [0.3, 0.4) is 0 Å². The maximum atomic E-state index is 13.5. The third-order valence-corrected chi connectivity index (χ3v) is 3.76. The lowest BCUT2D eigenvalue weighted by atomic mass is 9.98. The molecule has 0 aliphatic rings. The molecule has 0 saturated carbocycles. The normalized spacial score (nSPS) is 15.2. The van der Waals surface area contributed by atoms with Crippen LogP contribution in [0.4, 0.5) is 52.7 Å². The molecule has 2 nitrogen and oxygen atoms in total. The molecule has 1 unspecified atom stereocenters. The van der Waals surface area contributed by atoms with E-state index >= 15 is 0 Å². The molecule has 0 spiro atoms. The molecule has 1 rings (SSSR count). The molecule has 0 saturated heterocycles. The van der Waals surface area contributed by atoms with Crippen molar-refractivity contribution in [2.75, 3.05) is 0 Å². The number of carbonyl (C=O) groups excluding carboxylic acids is 1. The fraction of sp³-hybridized carbons (Fsp3) is 0.462. The van der Waals surface area contributed by atoms with Gasteiger partial charge in [0, 0.05) is 0 Å². The van der Waals surface area contributed by atoms with Crippen LogP contribution in [0, 0.1) is 0 Å². The van der Waals surface area contributed by atoms with Crippen LogP contribution in [0.5, 0.6) is 5.75 Å². The van der Waals surface area contributed by atoms with Crippen molar-refractivity contribution in [2.45, 2.75) is 36.2 Å². The first kappa shape index (κ1) is 25.5. The minimum Gasteiger partial charge on any atom is -0.454 e. The zero-order valence-corrected chi connectivity index (χ0v) is 14.4. The van der Waals surface area contributed by atoms with Crippen molar-refractivity contribution >= 4 is 28.4 Å². The molecule has 0 fully saturated rings. The Morgan fingerprint density at radius 3 is 1.72 bits per heavy atom. The summed E-state index contributed by atoms with van der Waals surface area (Å²) >= 11 is 10.4. The van der Waals surface area contributed by atoms with Gasteiger partial charge in [0.15, 0.2) is 0 Å². The number of ether oxygens (including phenoxy) is 1. The van der Waals surface area contributed by atoms with E-state index in [0.717, 1.165) is 0 Å². The summed E-state index contributed by atoms with van der Waals surface area (Å²) < 4.78 is 158. The van der Waals surface area contributed by atoms with E-state index in [4.69, 9.17) is 23.2 Å². The Hall–Kier alpha value is -1.57. The van der Waals surface area contributed by atoms with Crippen LogP contribution < -0.4 is 4.74 Å². The molecule has 0 amide bonds. The average molecular weight is 491 g/mol. The number of hydrogen-bond donors (Lipinski definition) is 0. The zero-order chi connectivity index (χ0) is 23.2. The first-order chi connectivity index (χ1) is 12.7. The van der Waals surface area contributed by atoms with Crippen molar-refractivity contribution in [3.05, 3.63) is 28.8 Å². The Balaban J connectivity index is 3.28. The highest BCUT2D eigenvalue weighted by Gasteiger charge is 2.88. The molecular weight excluding hydrogens is 487 g/mol. The van der Waals surface area contributed by atoms with Crippen LogP contribution >= 0.6 is 23.2 Å². The average Bonchev–Trinajstić information content (AvgIpc) is 2.52. The molecule has 1 aromatic rings. The third kappa shape index (κ3) is 4.18. The smallest absolute Gasteiger partial charge is 0.454 e. The lowest BCUT2D eigenvalue weighted by Crippen LogP contribution is -2.68. The van der Waals surface area contributed by atoms with E-state index in [1.165, 1.54) is 0 Å². The van der Waals surface area contributed by atoms with E-state index in [0.29, 0.717) is 18.2 Å². The van der Waals surface area contributed by atoms with Gasteiger partial charge in [-0.05, 0) is 29.8 Å². The van der Waals surface area contributed by atoms with Crippen LogP contribution in [0.2, 0.25) is 5.02 Å². The number of carbonyl (C=O) groups is 1. The Kier molecular flexibility index (Phi) is 6.67. The van der Waals surface area contributed by atoms with Gasteiger partial charge in [-0.3, -0.25) is 4.79 Å². The zero-order valence-electron chi connectivity index (χ0n) is 12.9. The lowest BCUT2D eigenvalue weighted by molar-refractivity contribution is -0.432. The van der Waals surface area contributed by atoms with Gasteiger partial charge in [0.1, 0.15) is 5.75 Å². The van der Waals surface area contributed by atoms with Gasteiger partial charge in [0.05, 0.1) is 10.6 Å². The van der Waals surface area contributed by atoms with Gasteiger partial charge < -0.3 is 4.74 Å². The van der Waals surface area contributed by atoms with Crippen molar-refractivity contribution in [2.24, 2.45) is 0 Å². The van der Waals surface area contributed by atoms with E-state index in [-0.39, 0.29) is 0 Å². The summed E-state index contributed by atoms with van der Waals surface area (Å²) in [6.45, 7) is 0. The van der Waals surface area contributed by atoms with Gasteiger partial charge in [0.2, 0.25) is 0 Å². The van der Waals surface area contributed by atoms with Gasteiger partial charge in [0.25, 0.3) is 5.24 Å². The number of hydrogen-bond acceptors (Lipinski definition) is 2. The van der Waals surface area contributed by atoms with Crippen molar-refractivity contribution in [1.82, 2.24) is 0 Å².